The van der Waals surface area contributed by atoms with E-state index >= 15 is 0 Å². The summed E-state index contributed by atoms with van der Waals surface area (Å²) in [5.41, 5.74) is 2.06. The highest BCUT2D eigenvalue weighted by molar-refractivity contribution is 5.87. The van der Waals surface area contributed by atoms with Crippen molar-refractivity contribution in [2.24, 2.45) is 5.73 Å². The largest absolute Gasteiger partial charge is 0.479 e. The lowest BCUT2D eigenvalue weighted by Crippen LogP contribution is -2.61. The van der Waals surface area contributed by atoms with Crippen molar-refractivity contribution in [3.05, 3.63) is 0 Å². The fraction of sp³-hybridized carbons (Fsp3) is 0.778. The summed E-state index contributed by atoms with van der Waals surface area (Å²) < 4.78 is 37.5. The number of nitrogens with one attached hydrogen (secondary N) is 1. The molecule has 0 radical (unpaired) electrons. The first kappa shape index (κ1) is 15.7. The van der Waals surface area contributed by atoms with Gasteiger partial charge in [0.1, 0.15) is 0 Å². The Morgan fingerprint density at radius 2 is 1.88 bits per heavy atom. The zero-order valence-electron chi connectivity index (χ0n) is 9.47. The summed E-state index contributed by atoms with van der Waals surface area (Å²) in [7, 11) is 0. The molecule has 0 fully saturated rings. The second kappa shape index (κ2) is 5.35. The fourth-order valence-corrected chi connectivity index (χ4v) is 0.946. The second-order valence-corrected chi connectivity index (χ2v) is 3.99. The van der Waals surface area contributed by atoms with E-state index in [0.717, 1.165) is 0 Å². The van der Waals surface area contributed by atoms with Gasteiger partial charge in [-0.05, 0) is 20.3 Å². The zero-order valence-corrected chi connectivity index (χ0v) is 9.47. The van der Waals surface area contributed by atoms with Crippen LogP contribution in [-0.4, -0.2) is 34.7 Å². The summed E-state index contributed by atoms with van der Waals surface area (Å²) >= 11 is 0. The summed E-state index contributed by atoms with van der Waals surface area (Å²) in [5.74, 6) is -3.15. The third kappa shape index (κ3) is 4.22. The zero-order chi connectivity index (χ0) is 13.9. The number of hydrogen-bond acceptors (Lipinski definition) is 3. The molecule has 2 atom stereocenters. The third-order valence-electron chi connectivity index (χ3n) is 2.21. The van der Waals surface area contributed by atoms with Crippen LogP contribution >= 0.6 is 0 Å². The average Bonchev–Trinajstić information content (AvgIpc) is 2.12. The molecule has 0 saturated heterocycles. The van der Waals surface area contributed by atoms with Crippen LogP contribution in [0.15, 0.2) is 0 Å². The van der Waals surface area contributed by atoms with Crippen LogP contribution < -0.4 is 11.1 Å². The maximum atomic E-state index is 12.5. The van der Waals surface area contributed by atoms with Gasteiger partial charge in [0.05, 0.1) is 0 Å². The SMILES string of the molecule is CC(N)CCC(=O)NC(C)(C(=O)O)C(F)(F)F. The lowest BCUT2D eigenvalue weighted by atomic mass is 10.0. The van der Waals surface area contributed by atoms with E-state index in [9.17, 15) is 22.8 Å². The monoisotopic (exact) mass is 256 g/mol. The van der Waals surface area contributed by atoms with Gasteiger partial charge in [-0.25, -0.2) is 4.79 Å². The molecular weight excluding hydrogens is 241 g/mol. The molecule has 0 aromatic carbocycles. The molecule has 4 N–H and O–H groups in total. The van der Waals surface area contributed by atoms with Gasteiger partial charge >= 0.3 is 12.1 Å². The number of rotatable bonds is 5. The number of alkyl halides is 3. The molecule has 0 rings (SSSR count). The van der Waals surface area contributed by atoms with E-state index in [-0.39, 0.29) is 18.9 Å². The Morgan fingerprint density at radius 3 is 2.18 bits per heavy atom. The molecule has 0 aliphatic rings. The van der Waals surface area contributed by atoms with Gasteiger partial charge in [-0.3, -0.25) is 4.79 Å². The van der Waals surface area contributed by atoms with Crippen molar-refractivity contribution >= 4 is 11.9 Å². The standard InChI is InChI=1S/C9H15F3N2O3/c1-5(13)3-4-6(15)14-8(2,7(16)17)9(10,11)12/h5H,3-4,13H2,1-2H3,(H,14,15)(H,16,17). The van der Waals surface area contributed by atoms with Gasteiger partial charge in [-0.15, -0.1) is 0 Å². The Labute approximate surface area is 96.2 Å². The molecule has 0 aromatic heterocycles. The van der Waals surface area contributed by atoms with Gasteiger partial charge in [0.2, 0.25) is 11.4 Å². The minimum atomic E-state index is -5.07. The van der Waals surface area contributed by atoms with E-state index < -0.39 is 23.6 Å². The number of carbonyl (C=O) groups excluding carboxylic acids is 1. The Morgan fingerprint density at radius 1 is 1.41 bits per heavy atom. The van der Waals surface area contributed by atoms with Crippen LogP contribution in [0.2, 0.25) is 0 Å². The number of halogens is 3. The van der Waals surface area contributed by atoms with E-state index in [2.05, 4.69) is 0 Å². The number of nitrogens with two attached hydrogens (primary N) is 1. The van der Waals surface area contributed by atoms with Crippen molar-refractivity contribution in [2.75, 3.05) is 0 Å². The molecule has 100 valence electrons. The summed E-state index contributed by atoms with van der Waals surface area (Å²) in [6.07, 6.45) is -5.14. The minimum Gasteiger partial charge on any atom is -0.479 e. The molecule has 5 nitrogen and oxygen atoms in total. The van der Waals surface area contributed by atoms with E-state index in [0.29, 0.717) is 6.92 Å². The highest BCUT2D eigenvalue weighted by Crippen LogP contribution is 2.30. The van der Waals surface area contributed by atoms with Gasteiger partial charge in [-0.1, -0.05) is 0 Å². The van der Waals surface area contributed by atoms with E-state index in [1.165, 1.54) is 5.32 Å². The Hall–Kier alpha value is -1.31. The number of aliphatic carboxylic acids is 1. The van der Waals surface area contributed by atoms with Crippen molar-refractivity contribution in [1.29, 1.82) is 0 Å². The Bertz CT molecular complexity index is 304. The smallest absolute Gasteiger partial charge is 0.422 e. The highest BCUT2D eigenvalue weighted by Gasteiger charge is 2.58. The average molecular weight is 256 g/mol. The summed E-state index contributed by atoms with van der Waals surface area (Å²) in [6.45, 7) is 1.99. The maximum absolute atomic E-state index is 12.5. The molecule has 0 heterocycles. The molecule has 0 spiro atoms. The molecule has 17 heavy (non-hydrogen) atoms. The molecular formula is C9H15F3N2O3. The van der Waals surface area contributed by atoms with Crippen molar-refractivity contribution < 1.29 is 27.9 Å². The number of carboxylic acid groups (broad SMARTS) is 1. The van der Waals surface area contributed by atoms with Crippen molar-refractivity contribution in [2.45, 2.75) is 44.4 Å². The first-order valence-electron chi connectivity index (χ1n) is 4.87. The van der Waals surface area contributed by atoms with Crippen LogP contribution in [0, 0.1) is 0 Å². The first-order chi connectivity index (χ1) is 7.50. The molecule has 0 bridgehead atoms. The van der Waals surface area contributed by atoms with Crippen molar-refractivity contribution in [3.8, 4) is 0 Å². The second-order valence-electron chi connectivity index (χ2n) is 3.99. The third-order valence-corrected chi connectivity index (χ3v) is 2.21. The minimum absolute atomic E-state index is 0.180. The Balaban J connectivity index is 4.69. The first-order valence-corrected chi connectivity index (χ1v) is 4.87. The van der Waals surface area contributed by atoms with Gasteiger partial charge in [0.15, 0.2) is 0 Å². The number of amides is 1. The molecule has 2 unspecified atom stereocenters. The van der Waals surface area contributed by atoms with Crippen molar-refractivity contribution in [3.63, 3.8) is 0 Å². The van der Waals surface area contributed by atoms with Crippen LogP contribution in [0.25, 0.3) is 0 Å². The van der Waals surface area contributed by atoms with Crippen LogP contribution in [0.1, 0.15) is 26.7 Å². The van der Waals surface area contributed by atoms with Crippen LogP contribution in [-0.2, 0) is 9.59 Å². The lowest BCUT2D eigenvalue weighted by molar-refractivity contribution is -0.207. The highest BCUT2D eigenvalue weighted by atomic mass is 19.4. The maximum Gasteiger partial charge on any atom is 0.422 e. The van der Waals surface area contributed by atoms with Crippen LogP contribution in [0.5, 0.6) is 0 Å². The van der Waals surface area contributed by atoms with E-state index in [1.807, 2.05) is 0 Å². The summed E-state index contributed by atoms with van der Waals surface area (Å²) in [5, 5.41) is 10.0. The summed E-state index contributed by atoms with van der Waals surface area (Å²) in [4.78, 5) is 21.8. The Kier molecular flexibility index (Phi) is 4.94. The number of carbonyl (C=O) groups is 2. The number of hydrogen-bond donors (Lipinski definition) is 3. The molecule has 0 aromatic rings. The fourth-order valence-electron chi connectivity index (χ4n) is 0.946. The quantitative estimate of drug-likeness (QED) is 0.672. The van der Waals surface area contributed by atoms with Crippen molar-refractivity contribution in [1.82, 2.24) is 5.32 Å². The van der Waals surface area contributed by atoms with E-state index in [1.54, 1.807) is 6.92 Å². The predicted octanol–water partition coefficient (Wildman–Crippen LogP) is 0.636. The molecule has 0 aliphatic carbocycles. The predicted molar refractivity (Wildman–Crippen MR) is 53.1 cm³/mol. The molecule has 1 amide bonds. The molecule has 8 heteroatoms. The molecule has 0 aliphatic heterocycles. The van der Waals surface area contributed by atoms with Gasteiger partial charge in [0.25, 0.3) is 0 Å². The molecule has 0 saturated carbocycles. The van der Waals surface area contributed by atoms with Gasteiger partial charge in [0, 0.05) is 12.5 Å². The van der Waals surface area contributed by atoms with Crippen LogP contribution in [0.4, 0.5) is 13.2 Å². The lowest BCUT2D eigenvalue weighted by Gasteiger charge is -2.28. The van der Waals surface area contributed by atoms with E-state index in [4.69, 9.17) is 10.8 Å². The number of carboxylic acids is 1. The summed E-state index contributed by atoms with van der Waals surface area (Å²) in [6, 6.07) is -0.345. The van der Waals surface area contributed by atoms with Gasteiger partial charge < -0.3 is 16.2 Å². The van der Waals surface area contributed by atoms with Crippen LogP contribution in [0.3, 0.4) is 0 Å². The van der Waals surface area contributed by atoms with Gasteiger partial charge in [-0.2, -0.15) is 13.2 Å². The topological polar surface area (TPSA) is 92.4 Å². The normalized spacial score (nSPS) is 17.1.